The van der Waals surface area contributed by atoms with Crippen LogP contribution in [-0.2, 0) is 11.2 Å². The Morgan fingerprint density at radius 3 is 2.33 bits per heavy atom. The molecular weight excluding hydrogens is 308 g/mol. The number of aryl methyl sites for hydroxylation is 1. The molecule has 0 atom stereocenters. The predicted octanol–water partition coefficient (Wildman–Crippen LogP) is 2.37. The fraction of sp³-hybridized carbons (Fsp3) is 0.222. The Kier molecular flexibility index (Phi) is 5.78. The van der Waals surface area contributed by atoms with Gasteiger partial charge in [0.25, 0.3) is 0 Å². The number of carbonyl (C=O) groups is 2. The molecule has 2 aromatic rings. The van der Waals surface area contributed by atoms with Crippen LogP contribution in [-0.4, -0.2) is 26.0 Å². The van der Waals surface area contributed by atoms with Gasteiger partial charge in [0, 0.05) is 17.7 Å². The number of primary amides is 1. The Morgan fingerprint density at radius 2 is 1.75 bits per heavy atom. The maximum Gasteiger partial charge on any atom is 0.248 e. The molecule has 0 saturated heterocycles. The van der Waals surface area contributed by atoms with Gasteiger partial charge < -0.3 is 20.5 Å². The van der Waals surface area contributed by atoms with Crippen molar-refractivity contribution in [2.45, 2.75) is 12.8 Å². The number of methoxy groups -OCH3 is 2. The number of anilines is 1. The Bertz CT molecular complexity index is 726. The molecule has 0 fully saturated rings. The van der Waals surface area contributed by atoms with E-state index < -0.39 is 5.91 Å². The molecule has 126 valence electrons. The quantitative estimate of drug-likeness (QED) is 0.816. The van der Waals surface area contributed by atoms with Crippen LogP contribution in [0.5, 0.6) is 11.5 Å². The minimum atomic E-state index is -0.502. The van der Waals surface area contributed by atoms with Gasteiger partial charge in [0.1, 0.15) is 11.5 Å². The number of ether oxygens (including phenoxy) is 2. The Labute approximate surface area is 140 Å². The SMILES string of the molecule is COc1ccc(OC)c(CCC(=O)Nc2ccc(C(N)=O)cc2)c1. The van der Waals surface area contributed by atoms with Gasteiger partial charge in [-0.1, -0.05) is 0 Å². The van der Waals surface area contributed by atoms with Gasteiger partial charge in [-0.05, 0) is 54.4 Å². The highest BCUT2D eigenvalue weighted by Gasteiger charge is 2.09. The summed E-state index contributed by atoms with van der Waals surface area (Å²) < 4.78 is 10.5. The van der Waals surface area contributed by atoms with Gasteiger partial charge in [-0.15, -0.1) is 0 Å². The lowest BCUT2D eigenvalue weighted by molar-refractivity contribution is -0.116. The molecular formula is C18H20N2O4. The highest BCUT2D eigenvalue weighted by molar-refractivity contribution is 5.94. The normalized spacial score (nSPS) is 10.1. The molecule has 0 bridgehead atoms. The second kappa shape index (κ2) is 8.01. The van der Waals surface area contributed by atoms with Gasteiger partial charge in [0.2, 0.25) is 11.8 Å². The van der Waals surface area contributed by atoms with E-state index in [2.05, 4.69) is 5.32 Å². The van der Waals surface area contributed by atoms with Crippen molar-refractivity contribution >= 4 is 17.5 Å². The summed E-state index contributed by atoms with van der Waals surface area (Å²) in [6.07, 6.45) is 0.812. The summed E-state index contributed by atoms with van der Waals surface area (Å²) in [4.78, 5) is 23.1. The number of hydrogen-bond acceptors (Lipinski definition) is 4. The molecule has 24 heavy (non-hydrogen) atoms. The molecule has 2 amide bonds. The second-order valence-electron chi connectivity index (χ2n) is 5.17. The summed E-state index contributed by atoms with van der Waals surface area (Å²) in [6.45, 7) is 0. The van der Waals surface area contributed by atoms with Crippen LogP contribution in [0, 0.1) is 0 Å². The number of hydrogen-bond donors (Lipinski definition) is 2. The largest absolute Gasteiger partial charge is 0.497 e. The van der Waals surface area contributed by atoms with E-state index in [1.165, 1.54) is 0 Å². The van der Waals surface area contributed by atoms with Crippen LogP contribution in [0.2, 0.25) is 0 Å². The fourth-order valence-corrected chi connectivity index (χ4v) is 2.27. The summed E-state index contributed by atoms with van der Waals surface area (Å²) in [7, 11) is 3.18. The lowest BCUT2D eigenvalue weighted by Crippen LogP contribution is -2.14. The van der Waals surface area contributed by atoms with Crippen LogP contribution in [0.1, 0.15) is 22.3 Å². The highest BCUT2D eigenvalue weighted by atomic mass is 16.5. The van der Waals surface area contributed by atoms with Gasteiger partial charge in [-0.25, -0.2) is 0 Å². The van der Waals surface area contributed by atoms with Crippen LogP contribution >= 0.6 is 0 Å². The number of nitrogens with two attached hydrogens (primary N) is 1. The summed E-state index contributed by atoms with van der Waals surface area (Å²) in [5.74, 6) is 0.798. The topological polar surface area (TPSA) is 90.7 Å². The van der Waals surface area contributed by atoms with E-state index in [4.69, 9.17) is 15.2 Å². The van der Waals surface area contributed by atoms with Crippen molar-refractivity contribution in [1.29, 1.82) is 0 Å². The van der Waals surface area contributed by atoms with E-state index in [0.717, 1.165) is 11.3 Å². The average Bonchev–Trinajstić information content (AvgIpc) is 2.60. The van der Waals surface area contributed by atoms with Crippen molar-refractivity contribution in [3.8, 4) is 11.5 Å². The molecule has 0 aliphatic heterocycles. The van der Waals surface area contributed by atoms with Gasteiger partial charge in [0.15, 0.2) is 0 Å². The first kappa shape index (κ1) is 17.3. The van der Waals surface area contributed by atoms with Crippen molar-refractivity contribution in [3.05, 3.63) is 53.6 Å². The third kappa shape index (κ3) is 4.49. The van der Waals surface area contributed by atoms with Crippen LogP contribution in [0.4, 0.5) is 5.69 Å². The molecule has 0 heterocycles. The molecule has 6 heteroatoms. The first-order valence-electron chi connectivity index (χ1n) is 7.44. The number of amides is 2. The molecule has 0 radical (unpaired) electrons. The standard InChI is InChI=1S/C18H20N2O4/c1-23-15-8-9-16(24-2)13(11-15)5-10-17(21)20-14-6-3-12(4-7-14)18(19)22/h3-4,6-9,11H,5,10H2,1-2H3,(H2,19,22)(H,20,21). The summed E-state index contributed by atoms with van der Waals surface area (Å²) >= 11 is 0. The third-order valence-electron chi connectivity index (χ3n) is 3.56. The molecule has 0 saturated carbocycles. The molecule has 2 aromatic carbocycles. The average molecular weight is 328 g/mol. The third-order valence-corrected chi connectivity index (χ3v) is 3.56. The van der Waals surface area contributed by atoms with Crippen LogP contribution in [0.25, 0.3) is 0 Å². The fourth-order valence-electron chi connectivity index (χ4n) is 2.27. The van der Waals surface area contributed by atoms with Crippen molar-refractivity contribution in [1.82, 2.24) is 0 Å². The number of rotatable bonds is 7. The van der Waals surface area contributed by atoms with Crippen LogP contribution < -0.4 is 20.5 Å². The van der Waals surface area contributed by atoms with E-state index in [-0.39, 0.29) is 5.91 Å². The zero-order chi connectivity index (χ0) is 17.5. The van der Waals surface area contributed by atoms with E-state index in [1.54, 1.807) is 38.5 Å². The first-order valence-corrected chi connectivity index (χ1v) is 7.44. The summed E-state index contributed by atoms with van der Waals surface area (Å²) in [5, 5.41) is 2.78. The van der Waals surface area contributed by atoms with Crippen molar-refractivity contribution in [3.63, 3.8) is 0 Å². The number of benzene rings is 2. The molecule has 0 aromatic heterocycles. The highest BCUT2D eigenvalue weighted by Crippen LogP contribution is 2.25. The lowest BCUT2D eigenvalue weighted by Gasteiger charge is -2.11. The Morgan fingerprint density at radius 1 is 1.04 bits per heavy atom. The summed E-state index contributed by atoms with van der Waals surface area (Å²) in [6, 6.07) is 11.9. The van der Waals surface area contributed by atoms with Gasteiger partial charge in [-0.2, -0.15) is 0 Å². The summed E-state index contributed by atoms with van der Waals surface area (Å²) in [5.41, 5.74) is 7.09. The maximum absolute atomic E-state index is 12.1. The second-order valence-corrected chi connectivity index (χ2v) is 5.17. The van der Waals surface area contributed by atoms with Crippen LogP contribution in [0.15, 0.2) is 42.5 Å². The van der Waals surface area contributed by atoms with Gasteiger partial charge in [-0.3, -0.25) is 9.59 Å². The molecule has 0 aliphatic carbocycles. The molecule has 3 N–H and O–H groups in total. The zero-order valence-corrected chi connectivity index (χ0v) is 13.7. The molecule has 0 unspecified atom stereocenters. The monoisotopic (exact) mass is 328 g/mol. The zero-order valence-electron chi connectivity index (χ0n) is 13.7. The number of nitrogens with one attached hydrogen (secondary N) is 1. The Hall–Kier alpha value is -3.02. The minimum Gasteiger partial charge on any atom is -0.497 e. The Balaban J connectivity index is 1.96. The van der Waals surface area contributed by atoms with Crippen molar-refractivity contribution in [2.75, 3.05) is 19.5 Å². The van der Waals surface area contributed by atoms with E-state index in [9.17, 15) is 9.59 Å². The van der Waals surface area contributed by atoms with Crippen molar-refractivity contribution < 1.29 is 19.1 Å². The molecule has 2 rings (SSSR count). The molecule has 0 spiro atoms. The van der Waals surface area contributed by atoms with E-state index in [0.29, 0.717) is 29.8 Å². The first-order chi connectivity index (χ1) is 11.5. The van der Waals surface area contributed by atoms with E-state index >= 15 is 0 Å². The van der Waals surface area contributed by atoms with Crippen LogP contribution in [0.3, 0.4) is 0 Å². The molecule has 6 nitrogen and oxygen atoms in total. The minimum absolute atomic E-state index is 0.133. The van der Waals surface area contributed by atoms with Gasteiger partial charge >= 0.3 is 0 Å². The predicted molar refractivity (Wildman–Crippen MR) is 91.5 cm³/mol. The number of carbonyl (C=O) groups excluding carboxylic acids is 2. The lowest BCUT2D eigenvalue weighted by atomic mass is 10.1. The van der Waals surface area contributed by atoms with Gasteiger partial charge in [0.05, 0.1) is 14.2 Å². The smallest absolute Gasteiger partial charge is 0.248 e. The van der Waals surface area contributed by atoms with E-state index in [1.807, 2.05) is 18.2 Å². The molecule has 0 aliphatic rings. The van der Waals surface area contributed by atoms with Crippen molar-refractivity contribution in [2.24, 2.45) is 5.73 Å². The maximum atomic E-state index is 12.1.